The molecule has 0 saturated carbocycles. The third kappa shape index (κ3) is 4.82. The van der Waals surface area contributed by atoms with Gasteiger partial charge < -0.3 is 4.74 Å². The van der Waals surface area contributed by atoms with E-state index in [4.69, 9.17) is 4.74 Å². The van der Waals surface area contributed by atoms with E-state index in [1.165, 1.54) is 24.3 Å². The second kappa shape index (κ2) is 9.97. The molecule has 4 heteroatoms. The summed E-state index contributed by atoms with van der Waals surface area (Å²) in [6.45, 7) is 5.78. The Morgan fingerprint density at radius 2 is 1.67 bits per heavy atom. The topological polar surface area (TPSA) is 9.23 Å². The standard InChI is InChI=1S/C26H23F3O/c1-3-5-7-18-8-10-19(11-9-18)24(27)25(28)21-12-14-22-20(17-21)13-15-23(26(22)29)30-16-6-4-2/h3-4,6,8-15,17H,1,5,7,16H2,2H3. The lowest BCUT2D eigenvalue weighted by atomic mass is 10.0. The number of rotatable bonds is 8. The number of benzene rings is 3. The van der Waals surface area contributed by atoms with Gasteiger partial charge in [0.05, 0.1) is 0 Å². The minimum atomic E-state index is -0.982. The van der Waals surface area contributed by atoms with Crippen molar-refractivity contribution < 1.29 is 17.9 Å². The number of hydrogen-bond acceptors (Lipinski definition) is 1. The molecule has 0 fully saturated rings. The van der Waals surface area contributed by atoms with E-state index in [1.54, 1.807) is 36.4 Å². The maximum Gasteiger partial charge on any atom is 0.172 e. The molecule has 0 heterocycles. The Labute approximate surface area is 174 Å². The van der Waals surface area contributed by atoms with Crippen LogP contribution in [-0.4, -0.2) is 6.61 Å². The van der Waals surface area contributed by atoms with Crippen molar-refractivity contribution in [1.82, 2.24) is 0 Å². The molecule has 0 bridgehead atoms. The summed E-state index contributed by atoms with van der Waals surface area (Å²) in [6.07, 6.45) is 7.01. The Bertz CT molecular complexity index is 1100. The van der Waals surface area contributed by atoms with E-state index >= 15 is 0 Å². The maximum absolute atomic E-state index is 14.8. The summed E-state index contributed by atoms with van der Waals surface area (Å²) in [7, 11) is 0. The van der Waals surface area contributed by atoms with Crippen LogP contribution in [0.4, 0.5) is 13.2 Å². The molecular formula is C26H23F3O. The first kappa shape index (κ1) is 21.4. The van der Waals surface area contributed by atoms with Gasteiger partial charge >= 0.3 is 0 Å². The molecule has 30 heavy (non-hydrogen) atoms. The first-order chi connectivity index (χ1) is 14.5. The molecule has 0 radical (unpaired) electrons. The summed E-state index contributed by atoms with van der Waals surface area (Å²) in [5.74, 6) is -2.34. The Hall–Kier alpha value is -3.27. The second-order valence-corrected chi connectivity index (χ2v) is 6.85. The van der Waals surface area contributed by atoms with Crippen molar-refractivity contribution in [2.75, 3.05) is 6.61 Å². The zero-order chi connectivity index (χ0) is 21.5. The molecule has 3 aromatic rings. The van der Waals surface area contributed by atoms with Gasteiger partial charge in [0, 0.05) is 16.5 Å². The smallest absolute Gasteiger partial charge is 0.172 e. The molecular weight excluding hydrogens is 385 g/mol. The summed E-state index contributed by atoms with van der Waals surface area (Å²) >= 11 is 0. The highest BCUT2D eigenvalue weighted by molar-refractivity contribution is 5.91. The van der Waals surface area contributed by atoms with Crippen LogP contribution in [0.25, 0.3) is 22.4 Å². The lowest BCUT2D eigenvalue weighted by molar-refractivity contribution is 0.343. The van der Waals surface area contributed by atoms with Crippen LogP contribution >= 0.6 is 0 Å². The zero-order valence-electron chi connectivity index (χ0n) is 16.8. The fourth-order valence-corrected chi connectivity index (χ4v) is 3.09. The van der Waals surface area contributed by atoms with E-state index in [9.17, 15) is 13.2 Å². The molecule has 1 nitrogen and oxygen atoms in total. The number of hydrogen-bond donors (Lipinski definition) is 0. The van der Waals surface area contributed by atoms with Gasteiger partial charge in [-0.1, -0.05) is 60.7 Å². The Balaban J connectivity index is 1.89. The van der Waals surface area contributed by atoms with Crippen LogP contribution in [0.1, 0.15) is 30.0 Å². The number of fused-ring (bicyclic) bond motifs is 1. The minimum Gasteiger partial charge on any atom is -0.486 e. The van der Waals surface area contributed by atoms with E-state index in [0.717, 1.165) is 18.4 Å². The van der Waals surface area contributed by atoms with Crippen molar-refractivity contribution in [3.8, 4) is 5.75 Å². The highest BCUT2D eigenvalue weighted by Gasteiger charge is 2.14. The average Bonchev–Trinajstić information content (AvgIpc) is 2.78. The van der Waals surface area contributed by atoms with Crippen LogP contribution in [0, 0.1) is 5.82 Å². The normalized spacial score (nSPS) is 12.3. The van der Waals surface area contributed by atoms with Crippen molar-refractivity contribution in [2.45, 2.75) is 19.8 Å². The van der Waals surface area contributed by atoms with Crippen molar-refractivity contribution >= 4 is 22.4 Å². The first-order valence-corrected chi connectivity index (χ1v) is 9.77. The van der Waals surface area contributed by atoms with Gasteiger partial charge in [-0.2, -0.15) is 0 Å². The zero-order valence-corrected chi connectivity index (χ0v) is 16.8. The summed E-state index contributed by atoms with van der Waals surface area (Å²) in [5.41, 5.74) is 1.24. The Kier molecular flexibility index (Phi) is 7.12. The minimum absolute atomic E-state index is 0.0534. The van der Waals surface area contributed by atoms with Crippen LogP contribution < -0.4 is 4.74 Å². The van der Waals surface area contributed by atoms with Gasteiger partial charge in [-0.3, -0.25) is 0 Å². The lowest BCUT2D eigenvalue weighted by Crippen LogP contribution is -1.96. The quantitative estimate of drug-likeness (QED) is 0.273. The Morgan fingerprint density at radius 1 is 0.967 bits per heavy atom. The summed E-state index contributed by atoms with van der Waals surface area (Å²) in [4.78, 5) is 0. The van der Waals surface area contributed by atoms with Crippen LogP contribution in [0.2, 0.25) is 0 Å². The molecule has 0 aliphatic heterocycles. The number of ether oxygens (including phenoxy) is 1. The molecule has 3 aromatic carbocycles. The van der Waals surface area contributed by atoms with Crippen LogP contribution in [0.5, 0.6) is 5.75 Å². The molecule has 3 rings (SSSR count). The molecule has 0 N–H and O–H groups in total. The van der Waals surface area contributed by atoms with Crippen molar-refractivity contribution in [2.24, 2.45) is 0 Å². The van der Waals surface area contributed by atoms with E-state index in [0.29, 0.717) is 5.39 Å². The van der Waals surface area contributed by atoms with Crippen molar-refractivity contribution in [3.63, 3.8) is 0 Å². The van der Waals surface area contributed by atoms with Crippen LogP contribution in [0.15, 0.2) is 79.4 Å². The predicted octanol–water partition coefficient (Wildman–Crippen LogP) is 7.82. The van der Waals surface area contributed by atoms with E-state index in [2.05, 4.69) is 6.58 Å². The fourth-order valence-electron chi connectivity index (χ4n) is 3.09. The molecule has 0 aliphatic rings. The number of allylic oxidation sites excluding steroid dienone is 2. The maximum atomic E-state index is 14.8. The molecule has 0 atom stereocenters. The van der Waals surface area contributed by atoms with Gasteiger partial charge in [0.1, 0.15) is 6.61 Å². The highest BCUT2D eigenvalue weighted by Crippen LogP contribution is 2.33. The molecule has 154 valence electrons. The molecule has 0 unspecified atom stereocenters. The summed E-state index contributed by atoms with van der Waals surface area (Å²) in [6, 6.07) is 14.0. The second-order valence-electron chi connectivity index (χ2n) is 6.85. The van der Waals surface area contributed by atoms with Crippen molar-refractivity contribution in [1.29, 1.82) is 0 Å². The third-order valence-corrected chi connectivity index (χ3v) is 4.78. The predicted molar refractivity (Wildman–Crippen MR) is 118 cm³/mol. The average molecular weight is 408 g/mol. The lowest BCUT2D eigenvalue weighted by Gasteiger charge is -2.09. The fraction of sp³-hybridized carbons (Fsp3) is 0.154. The van der Waals surface area contributed by atoms with Gasteiger partial charge in [-0.25, -0.2) is 13.2 Å². The van der Waals surface area contributed by atoms with Gasteiger partial charge in [-0.15, -0.1) is 6.58 Å². The third-order valence-electron chi connectivity index (χ3n) is 4.78. The van der Waals surface area contributed by atoms with Crippen LogP contribution in [0.3, 0.4) is 0 Å². The molecule has 0 saturated heterocycles. The monoisotopic (exact) mass is 408 g/mol. The van der Waals surface area contributed by atoms with Crippen LogP contribution in [-0.2, 0) is 6.42 Å². The first-order valence-electron chi connectivity index (χ1n) is 9.77. The Morgan fingerprint density at radius 3 is 2.37 bits per heavy atom. The van der Waals surface area contributed by atoms with Gasteiger partial charge in [-0.05, 0) is 42.8 Å². The molecule has 0 aliphatic carbocycles. The molecule has 0 spiro atoms. The van der Waals surface area contributed by atoms with E-state index < -0.39 is 17.5 Å². The highest BCUT2D eigenvalue weighted by atomic mass is 19.2. The van der Waals surface area contributed by atoms with Gasteiger partial charge in [0.15, 0.2) is 23.2 Å². The van der Waals surface area contributed by atoms with Gasteiger partial charge in [0.2, 0.25) is 0 Å². The number of halogens is 3. The van der Waals surface area contributed by atoms with Gasteiger partial charge in [0.25, 0.3) is 0 Å². The molecule has 0 aromatic heterocycles. The van der Waals surface area contributed by atoms with E-state index in [1.807, 2.05) is 19.1 Å². The summed E-state index contributed by atoms with van der Waals surface area (Å²) < 4.78 is 49.5. The van der Waals surface area contributed by atoms with Crippen molar-refractivity contribution in [3.05, 3.63) is 102 Å². The van der Waals surface area contributed by atoms with E-state index in [-0.39, 0.29) is 28.9 Å². The molecule has 0 amide bonds. The SMILES string of the molecule is C=CCCc1ccc(C(F)=C(F)c2ccc3c(F)c(OCC=CC)ccc3c2)cc1. The number of aryl methyl sites for hydroxylation is 1. The summed E-state index contributed by atoms with van der Waals surface area (Å²) in [5, 5.41) is 0.752. The largest absolute Gasteiger partial charge is 0.486 e.